The van der Waals surface area contributed by atoms with Gasteiger partial charge in [-0.2, -0.15) is 0 Å². The number of hydrogen-bond acceptors (Lipinski definition) is 3. The number of ether oxygens (including phenoxy) is 1. The first-order chi connectivity index (χ1) is 10.6. The summed E-state index contributed by atoms with van der Waals surface area (Å²) < 4.78 is 20.8. The number of methoxy groups -OCH3 is 1. The van der Waals surface area contributed by atoms with Crippen LogP contribution in [0.25, 0.3) is 0 Å². The van der Waals surface area contributed by atoms with Crippen LogP contribution in [0.5, 0.6) is 5.75 Å². The van der Waals surface area contributed by atoms with Crippen molar-refractivity contribution in [2.45, 2.75) is 45.3 Å². The summed E-state index contributed by atoms with van der Waals surface area (Å²) in [6, 6.07) is 5.58. The molecule has 1 aliphatic heterocycles. The van der Waals surface area contributed by atoms with E-state index in [1.807, 2.05) is 13.0 Å². The van der Waals surface area contributed by atoms with E-state index in [9.17, 15) is 4.39 Å². The first kappa shape index (κ1) is 15.0. The molecular formula is C17H22FN3O. The highest BCUT2D eigenvalue weighted by molar-refractivity contribution is 5.32. The monoisotopic (exact) mass is 303 g/mol. The van der Waals surface area contributed by atoms with Gasteiger partial charge in [0.15, 0.2) is 11.6 Å². The van der Waals surface area contributed by atoms with Gasteiger partial charge in [0.25, 0.3) is 0 Å². The minimum atomic E-state index is -0.324. The predicted molar refractivity (Wildman–Crippen MR) is 83.6 cm³/mol. The van der Waals surface area contributed by atoms with Crippen LogP contribution in [-0.2, 0) is 13.0 Å². The number of aromatic nitrogens is 2. The summed E-state index contributed by atoms with van der Waals surface area (Å²) in [5.41, 5.74) is 2.11. The lowest BCUT2D eigenvalue weighted by Gasteiger charge is -2.28. The minimum absolute atomic E-state index is 0.144. The molecule has 0 unspecified atom stereocenters. The Morgan fingerprint density at radius 3 is 3.05 bits per heavy atom. The molecule has 0 fully saturated rings. The smallest absolute Gasteiger partial charge is 0.165 e. The molecule has 4 nitrogen and oxygen atoms in total. The zero-order valence-corrected chi connectivity index (χ0v) is 13.3. The van der Waals surface area contributed by atoms with Crippen LogP contribution in [-0.4, -0.2) is 22.7 Å². The highest BCUT2D eigenvalue weighted by Crippen LogP contribution is 2.24. The number of rotatable bonds is 4. The van der Waals surface area contributed by atoms with E-state index in [0.29, 0.717) is 11.8 Å². The average molecular weight is 303 g/mol. The van der Waals surface area contributed by atoms with Crippen molar-refractivity contribution in [3.8, 4) is 5.75 Å². The fourth-order valence-corrected chi connectivity index (χ4v) is 3.12. The first-order valence-corrected chi connectivity index (χ1v) is 7.69. The van der Waals surface area contributed by atoms with Crippen LogP contribution in [0.4, 0.5) is 4.39 Å². The van der Waals surface area contributed by atoms with Gasteiger partial charge in [-0.05, 0) is 38.0 Å². The summed E-state index contributed by atoms with van der Waals surface area (Å²) in [6.07, 6.45) is 4.17. The second-order valence-electron chi connectivity index (χ2n) is 5.97. The third-order valence-electron chi connectivity index (χ3n) is 4.27. The molecule has 0 amide bonds. The average Bonchev–Trinajstić information content (AvgIpc) is 2.87. The predicted octanol–water partition coefficient (Wildman–Crippen LogP) is 3.00. The lowest BCUT2D eigenvalue weighted by atomic mass is 10.0. The molecule has 1 aromatic heterocycles. The number of nitrogens with zero attached hydrogens (tertiary/aromatic N) is 2. The van der Waals surface area contributed by atoms with Crippen LogP contribution < -0.4 is 10.1 Å². The molecule has 1 N–H and O–H groups in total. The van der Waals surface area contributed by atoms with Crippen molar-refractivity contribution in [3.63, 3.8) is 0 Å². The number of benzene rings is 1. The second kappa shape index (κ2) is 6.08. The van der Waals surface area contributed by atoms with Crippen molar-refractivity contribution >= 4 is 0 Å². The summed E-state index contributed by atoms with van der Waals surface area (Å²) in [5, 5.41) is 3.63. The van der Waals surface area contributed by atoms with E-state index >= 15 is 0 Å². The molecule has 1 aromatic carbocycles. The molecule has 0 saturated heterocycles. The third kappa shape index (κ3) is 2.99. The highest BCUT2D eigenvalue weighted by atomic mass is 19.1. The maximum atomic E-state index is 13.5. The first-order valence-electron chi connectivity index (χ1n) is 7.69. The van der Waals surface area contributed by atoms with E-state index in [2.05, 4.69) is 28.0 Å². The van der Waals surface area contributed by atoms with Crippen LogP contribution >= 0.6 is 0 Å². The number of aryl methyl sites for hydroxylation is 2. The molecule has 0 saturated carbocycles. The fraction of sp³-hybridized carbons (Fsp3) is 0.471. The topological polar surface area (TPSA) is 39.1 Å². The number of fused-ring (bicyclic) bond motifs is 1. The Morgan fingerprint density at radius 2 is 2.27 bits per heavy atom. The Morgan fingerprint density at radius 1 is 1.45 bits per heavy atom. The third-order valence-corrected chi connectivity index (χ3v) is 4.27. The maximum Gasteiger partial charge on any atom is 0.165 e. The number of hydrogen-bond donors (Lipinski definition) is 1. The molecular weight excluding hydrogens is 281 g/mol. The van der Waals surface area contributed by atoms with Gasteiger partial charge in [-0.25, -0.2) is 9.37 Å². The van der Waals surface area contributed by atoms with Crippen LogP contribution in [0.2, 0.25) is 0 Å². The van der Waals surface area contributed by atoms with E-state index in [1.54, 1.807) is 6.07 Å². The standard InChI is InChI=1S/C17H22FN3O/c1-11-9-21-10-14(5-7-17(21)19-11)20-12(2)13-4-6-15(18)16(8-13)22-3/h4,6,8-9,12,14,20H,5,7,10H2,1-3H3/t12-,14-/m0/s1. The second-order valence-corrected chi connectivity index (χ2v) is 5.97. The Balaban J connectivity index is 1.68. The Bertz CT molecular complexity index is 668. The quantitative estimate of drug-likeness (QED) is 0.943. The zero-order valence-electron chi connectivity index (χ0n) is 13.3. The Labute approximate surface area is 130 Å². The van der Waals surface area contributed by atoms with Crippen molar-refractivity contribution in [1.82, 2.24) is 14.9 Å². The number of imidazole rings is 1. The number of halogens is 1. The molecule has 3 rings (SSSR count). The minimum Gasteiger partial charge on any atom is -0.494 e. The van der Waals surface area contributed by atoms with Gasteiger partial charge in [-0.1, -0.05) is 6.07 Å². The fourth-order valence-electron chi connectivity index (χ4n) is 3.12. The van der Waals surface area contributed by atoms with Crippen molar-refractivity contribution < 1.29 is 9.13 Å². The SMILES string of the molecule is COc1cc([C@H](C)N[C@H]2CCc3nc(C)cn3C2)ccc1F. The summed E-state index contributed by atoms with van der Waals surface area (Å²) in [5.74, 6) is 1.14. The van der Waals surface area contributed by atoms with Gasteiger partial charge in [0, 0.05) is 31.2 Å². The number of nitrogens with one attached hydrogen (secondary N) is 1. The van der Waals surface area contributed by atoms with Gasteiger partial charge in [0.05, 0.1) is 12.8 Å². The van der Waals surface area contributed by atoms with Crippen LogP contribution in [0, 0.1) is 12.7 Å². The van der Waals surface area contributed by atoms with E-state index < -0.39 is 0 Å². The molecule has 1 aliphatic rings. The normalized spacial score (nSPS) is 18.8. The van der Waals surface area contributed by atoms with Gasteiger partial charge in [-0.15, -0.1) is 0 Å². The summed E-state index contributed by atoms with van der Waals surface area (Å²) in [4.78, 5) is 4.53. The molecule has 0 aliphatic carbocycles. The molecule has 0 bridgehead atoms. The van der Waals surface area contributed by atoms with Crippen molar-refractivity contribution in [1.29, 1.82) is 0 Å². The molecule has 118 valence electrons. The molecule has 2 heterocycles. The highest BCUT2D eigenvalue weighted by Gasteiger charge is 2.21. The van der Waals surface area contributed by atoms with Gasteiger partial charge >= 0.3 is 0 Å². The van der Waals surface area contributed by atoms with Gasteiger partial charge < -0.3 is 14.6 Å². The molecule has 0 spiro atoms. The molecule has 2 aromatic rings. The Hall–Kier alpha value is -1.88. The lowest BCUT2D eigenvalue weighted by Crippen LogP contribution is -2.38. The van der Waals surface area contributed by atoms with Gasteiger partial charge in [-0.3, -0.25) is 0 Å². The Kier molecular flexibility index (Phi) is 4.16. The summed E-state index contributed by atoms with van der Waals surface area (Å²) in [6.45, 7) is 5.06. The van der Waals surface area contributed by atoms with E-state index in [1.165, 1.54) is 19.0 Å². The molecule has 22 heavy (non-hydrogen) atoms. The van der Waals surface area contributed by atoms with Gasteiger partial charge in [0.1, 0.15) is 5.82 Å². The van der Waals surface area contributed by atoms with Crippen LogP contribution in [0.3, 0.4) is 0 Å². The van der Waals surface area contributed by atoms with Crippen LogP contribution in [0.1, 0.15) is 36.5 Å². The van der Waals surface area contributed by atoms with E-state index in [-0.39, 0.29) is 11.9 Å². The van der Waals surface area contributed by atoms with Crippen molar-refractivity contribution in [2.24, 2.45) is 0 Å². The maximum absolute atomic E-state index is 13.5. The largest absolute Gasteiger partial charge is 0.494 e. The zero-order chi connectivity index (χ0) is 15.7. The summed E-state index contributed by atoms with van der Waals surface area (Å²) in [7, 11) is 1.49. The van der Waals surface area contributed by atoms with Crippen molar-refractivity contribution in [2.75, 3.05) is 7.11 Å². The van der Waals surface area contributed by atoms with E-state index in [0.717, 1.165) is 30.6 Å². The van der Waals surface area contributed by atoms with Crippen LogP contribution in [0.15, 0.2) is 24.4 Å². The molecule has 5 heteroatoms. The molecule has 0 radical (unpaired) electrons. The summed E-state index contributed by atoms with van der Waals surface area (Å²) >= 11 is 0. The lowest BCUT2D eigenvalue weighted by molar-refractivity contribution is 0.349. The van der Waals surface area contributed by atoms with Gasteiger partial charge in [0.2, 0.25) is 0 Å². The van der Waals surface area contributed by atoms with E-state index in [4.69, 9.17) is 4.74 Å². The molecule has 2 atom stereocenters. The van der Waals surface area contributed by atoms with Crippen molar-refractivity contribution in [3.05, 3.63) is 47.3 Å².